The van der Waals surface area contributed by atoms with Gasteiger partial charge in [-0.15, -0.1) is 0 Å². The van der Waals surface area contributed by atoms with Gasteiger partial charge in [0.25, 0.3) is 0 Å². The minimum Gasteiger partial charge on any atom is -0.377 e. The molecule has 0 radical (unpaired) electrons. The molecule has 0 N–H and O–H groups in total. The van der Waals surface area contributed by atoms with Gasteiger partial charge in [0.2, 0.25) is 0 Å². The Morgan fingerprint density at radius 2 is 1.71 bits per heavy atom. The summed E-state index contributed by atoms with van der Waals surface area (Å²) >= 11 is 0. The summed E-state index contributed by atoms with van der Waals surface area (Å²) in [6, 6.07) is 0.892. The van der Waals surface area contributed by atoms with Crippen LogP contribution in [0.3, 0.4) is 0 Å². The lowest BCUT2D eigenvalue weighted by Crippen LogP contribution is -2.42. The summed E-state index contributed by atoms with van der Waals surface area (Å²) < 4.78 is 21.1. The number of epoxide rings is 1. The number of hydrogen-bond donors (Lipinski definition) is 0. The molecule has 0 spiro atoms. The number of ether oxygens (including phenoxy) is 1. The van der Waals surface area contributed by atoms with Crippen LogP contribution >= 0.6 is 0 Å². The van der Waals surface area contributed by atoms with Gasteiger partial charge in [-0.1, -0.05) is 6.42 Å². The van der Waals surface area contributed by atoms with Crippen LogP contribution in [0.25, 0.3) is 0 Å². The lowest BCUT2D eigenvalue weighted by molar-refractivity contribution is 0.122. The number of unbranched alkanes of at least 4 members (excludes halogenated alkanes) is 1. The second-order valence-corrected chi connectivity index (χ2v) is 6.59. The van der Waals surface area contributed by atoms with Crippen molar-refractivity contribution in [2.75, 3.05) is 27.9 Å². The predicted molar refractivity (Wildman–Crippen MR) is 55.2 cm³/mol. The lowest BCUT2D eigenvalue weighted by atomic mass is 10.2. The molecule has 0 aliphatic carbocycles. The minimum absolute atomic E-state index is 0.527. The average molecular weight is 220 g/mol. The van der Waals surface area contributed by atoms with E-state index in [0.717, 1.165) is 31.9 Å². The standard InChI is InChI=1S/C9H20O4Si/c1-10-14(11-2,12-3)7-5-4-6-9-8-13-9/h9H,4-8H2,1-3H3. The molecule has 0 aromatic heterocycles. The van der Waals surface area contributed by atoms with E-state index >= 15 is 0 Å². The van der Waals surface area contributed by atoms with E-state index in [1.54, 1.807) is 21.3 Å². The highest BCUT2D eigenvalue weighted by molar-refractivity contribution is 6.60. The molecule has 5 heteroatoms. The summed E-state index contributed by atoms with van der Waals surface area (Å²) in [7, 11) is 2.66. The van der Waals surface area contributed by atoms with Crippen LogP contribution in [0.4, 0.5) is 0 Å². The molecular weight excluding hydrogens is 200 g/mol. The highest BCUT2D eigenvalue weighted by Gasteiger charge is 2.37. The average Bonchev–Trinajstić information content (AvgIpc) is 3.03. The normalized spacial score (nSPS) is 21.2. The topological polar surface area (TPSA) is 40.2 Å². The fraction of sp³-hybridized carbons (Fsp3) is 1.00. The molecule has 0 aromatic rings. The molecule has 14 heavy (non-hydrogen) atoms. The van der Waals surface area contributed by atoms with Gasteiger partial charge in [-0.2, -0.15) is 0 Å². The monoisotopic (exact) mass is 220 g/mol. The van der Waals surface area contributed by atoms with E-state index < -0.39 is 8.80 Å². The van der Waals surface area contributed by atoms with Crippen molar-refractivity contribution in [3.63, 3.8) is 0 Å². The van der Waals surface area contributed by atoms with E-state index in [-0.39, 0.29) is 0 Å². The van der Waals surface area contributed by atoms with Gasteiger partial charge in [0.15, 0.2) is 0 Å². The molecule has 0 amide bonds. The van der Waals surface area contributed by atoms with Crippen molar-refractivity contribution in [1.82, 2.24) is 0 Å². The summed E-state index contributed by atoms with van der Waals surface area (Å²) in [4.78, 5) is 0. The minimum atomic E-state index is -2.31. The van der Waals surface area contributed by atoms with Crippen molar-refractivity contribution in [3.05, 3.63) is 0 Å². The first-order valence-electron chi connectivity index (χ1n) is 5.03. The van der Waals surface area contributed by atoms with E-state index in [1.807, 2.05) is 0 Å². The molecule has 1 atom stereocenters. The van der Waals surface area contributed by atoms with E-state index in [1.165, 1.54) is 0 Å². The van der Waals surface area contributed by atoms with Crippen LogP contribution < -0.4 is 0 Å². The van der Waals surface area contributed by atoms with Crippen LogP contribution in [0.2, 0.25) is 6.04 Å². The zero-order valence-electron chi connectivity index (χ0n) is 9.25. The van der Waals surface area contributed by atoms with Gasteiger partial charge in [-0.25, -0.2) is 0 Å². The molecule has 1 aliphatic rings. The van der Waals surface area contributed by atoms with Crippen molar-refractivity contribution < 1.29 is 18.0 Å². The Bertz CT molecular complexity index is 149. The fourth-order valence-electron chi connectivity index (χ4n) is 1.50. The molecule has 1 fully saturated rings. The summed E-state index contributed by atoms with van der Waals surface area (Å²) in [5, 5.41) is 0. The maximum absolute atomic E-state index is 5.32. The highest BCUT2D eigenvalue weighted by atomic mass is 28.4. The first-order valence-corrected chi connectivity index (χ1v) is 6.96. The van der Waals surface area contributed by atoms with Gasteiger partial charge in [-0.05, 0) is 12.8 Å². The van der Waals surface area contributed by atoms with Crippen molar-refractivity contribution in [3.8, 4) is 0 Å². The van der Waals surface area contributed by atoms with Crippen LogP contribution in [-0.4, -0.2) is 42.8 Å². The summed E-state index contributed by atoms with van der Waals surface area (Å²) in [6.07, 6.45) is 3.93. The molecule has 1 heterocycles. The summed E-state index contributed by atoms with van der Waals surface area (Å²) in [5.41, 5.74) is 0. The van der Waals surface area contributed by atoms with E-state index in [2.05, 4.69) is 0 Å². The highest BCUT2D eigenvalue weighted by Crippen LogP contribution is 2.21. The molecule has 4 nitrogen and oxygen atoms in total. The Hall–Kier alpha value is 0.0569. The van der Waals surface area contributed by atoms with Crippen LogP contribution in [0.5, 0.6) is 0 Å². The van der Waals surface area contributed by atoms with Crippen molar-refractivity contribution in [2.24, 2.45) is 0 Å². The fourth-order valence-corrected chi connectivity index (χ4v) is 3.30. The second-order valence-electron chi connectivity index (χ2n) is 3.50. The third-order valence-electron chi connectivity index (χ3n) is 2.59. The Morgan fingerprint density at radius 3 is 2.14 bits per heavy atom. The van der Waals surface area contributed by atoms with Crippen molar-refractivity contribution >= 4 is 8.80 Å². The van der Waals surface area contributed by atoms with Crippen LogP contribution in [-0.2, 0) is 18.0 Å². The first kappa shape index (κ1) is 12.1. The van der Waals surface area contributed by atoms with Gasteiger partial charge in [-0.3, -0.25) is 0 Å². The third kappa shape index (κ3) is 3.66. The van der Waals surface area contributed by atoms with Gasteiger partial charge in [0.05, 0.1) is 12.7 Å². The van der Waals surface area contributed by atoms with Crippen molar-refractivity contribution in [1.29, 1.82) is 0 Å². The second kappa shape index (κ2) is 5.82. The third-order valence-corrected chi connectivity index (χ3v) is 5.43. The molecule has 84 valence electrons. The zero-order valence-corrected chi connectivity index (χ0v) is 10.2. The molecule has 1 unspecified atom stereocenters. The molecule has 1 aliphatic heterocycles. The Morgan fingerprint density at radius 1 is 1.14 bits per heavy atom. The smallest absolute Gasteiger partial charge is 0.377 e. The van der Waals surface area contributed by atoms with Gasteiger partial charge >= 0.3 is 8.80 Å². The molecule has 0 aromatic carbocycles. The van der Waals surface area contributed by atoms with Crippen molar-refractivity contribution in [2.45, 2.75) is 31.4 Å². The SMILES string of the molecule is CO[Si](CCCCC1CO1)(OC)OC. The number of hydrogen-bond acceptors (Lipinski definition) is 4. The largest absolute Gasteiger partial charge is 0.500 e. The molecule has 0 saturated carbocycles. The Labute approximate surface area is 86.9 Å². The quantitative estimate of drug-likeness (QED) is 0.352. The zero-order chi connectivity index (χ0) is 10.4. The predicted octanol–water partition coefficient (Wildman–Crippen LogP) is 1.43. The lowest BCUT2D eigenvalue weighted by Gasteiger charge is -2.24. The molecular formula is C9H20O4Si. The summed E-state index contributed by atoms with van der Waals surface area (Å²) in [5.74, 6) is 0. The van der Waals surface area contributed by atoms with E-state index in [9.17, 15) is 0 Å². The van der Waals surface area contributed by atoms with Gasteiger partial charge in [0, 0.05) is 27.4 Å². The maximum atomic E-state index is 5.32. The van der Waals surface area contributed by atoms with E-state index in [4.69, 9.17) is 18.0 Å². The Kier molecular flexibility index (Phi) is 5.04. The first-order chi connectivity index (χ1) is 6.76. The number of rotatable bonds is 8. The Balaban J connectivity index is 2.11. The maximum Gasteiger partial charge on any atom is 0.500 e. The summed E-state index contributed by atoms with van der Waals surface area (Å²) in [6.45, 7) is 0.946. The molecule has 0 bridgehead atoms. The van der Waals surface area contributed by atoms with E-state index in [0.29, 0.717) is 6.10 Å². The molecule has 1 saturated heterocycles. The van der Waals surface area contributed by atoms with Crippen LogP contribution in [0, 0.1) is 0 Å². The molecule has 1 rings (SSSR count). The van der Waals surface area contributed by atoms with Crippen LogP contribution in [0.1, 0.15) is 19.3 Å². The van der Waals surface area contributed by atoms with Gasteiger partial charge < -0.3 is 18.0 Å². The van der Waals surface area contributed by atoms with Gasteiger partial charge in [0.1, 0.15) is 0 Å². The van der Waals surface area contributed by atoms with Crippen LogP contribution in [0.15, 0.2) is 0 Å².